The monoisotopic (exact) mass is 294 g/mol. The fourth-order valence-corrected chi connectivity index (χ4v) is 2.92. The van der Waals surface area contributed by atoms with Crippen LogP contribution in [0.2, 0.25) is 0 Å². The van der Waals surface area contributed by atoms with Crippen molar-refractivity contribution in [2.24, 2.45) is 0 Å². The van der Waals surface area contributed by atoms with Gasteiger partial charge in [-0.15, -0.1) is 0 Å². The van der Waals surface area contributed by atoms with Gasteiger partial charge in [0.15, 0.2) is 0 Å². The van der Waals surface area contributed by atoms with E-state index >= 15 is 0 Å². The molecule has 2 N–H and O–H groups in total. The number of rotatable bonds is 3. The van der Waals surface area contributed by atoms with Gasteiger partial charge < -0.3 is 10.3 Å². The Morgan fingerprint density at radius 2 is 2.00 bits per heavy atom. The first kappa shape index (κ1) is 12.7. The van der Waals surface area contributed by atoms with Crippen LogP contribution < -0.4 is 5.32 Å². The van der Waals surface area contributed by atoms with Crippen LogP contribution in [0.3, 0.4) is 0 Å². The number of hydrogen-bond acceptors (Lipinski definition) is 1. The summed E-state index contributed by atoms with van der Waals surface area (Å²) in [6.45, 7) is 9.48. The molecule has 1 aromatic carbocycles. The van der Waals surface area contributed by atoms with E-state index < -0.39 is 0 Å². The van der Waals surface area contributed by atoms with Crippen LogP contribution in [0.5, 0.6) is 0 Å². The highest BCUT2D eigenvalue weighted by atomic mass is 79.9. The fraction of sp³-hybridized carbons (Fsp3) is 0.429. The number of nitrogens with one attached hydrogen (secondary N) is 2. The van der Waals surface area contributed by atoms with Crippen LogP contribution in [0, 0.1) is 13.8 Å². The third kappa shape index (κ3) is 2.55. The summed E-state index contributed by atoms with van der Waals surface area (Å²) in [6, 6.07) is 4.92. The van der Waals surface area contributed by atoms with E-state index in [0.29, 0.717) is 6.04 Å². The molecule has 92 valence electrons. The molecule has 0 fully saturated rings. The molecule has 0 spiro atoms. The average molecular weight is 295 g/mol. The van der Waals surface area contributed by atoms with Crippen molar-refractivity contribution in [2.75, 3.05) is 0 Å². The quantitative estimate of drug-likeness (QED) is 0.878. The topological polar surface area (TPSA) is 27.8 Å². The molecule has 0 bridgehead atoms. The van der Waals surface area contributed by atoms with Crippen molar-refractivity contribution >= 4 is 26.8 Å². The predicted octanol–water partition coefficient (Wildman–Crippen LogP) is 4.05. The molecule has 0 amide bonds. The third-order valence-corrected chi connectivity index (χ3v) is 3.81. The minimum Gasteiger partial charge on any atom is -0.356 e. The van der Waals surface area contributed by atoms with Gasteiger partial charge in [0.2, 0.25) is 0 Å². The van der Waals surface area contributed by atoms with Crippen LogP contribution in [-0.2, 0) is 6.54 Å². The molecular formula is C14H19BrN2. The summed E-state index contributed by atoms with van der Waals surface area (Å²) in [5.74, 6) is 0. The highest BCUT2D eigenvalue weighted by molar-refractivity contribution is 9.10. The molecule has 17 heavy (non-hydrogen) atoms. The Bertz CT molecular complexity index is 541. The van der Waals surface area contributed by atoms with Gasteiger partial charge in [0.1, 0.15) is 0 Å². The number of aromatic amines is 1. The Morgan fingerprint density at radius 1 is 1.29 bits per heavy atom. The number of benzene rings is 1. The molecule has 0 unspecified atom stereocenters. The summed E-state index contributed by atoms with van der Waals surface area (Å²) in [5, 5.41) is 4.74. The number of fused-ring (bicyclic) bond motifs is 1. The summed E-state index contributed by atoms with van der Waals surface area (Å²) < 4.78 is 1.19. The van der Waals surface area contributed by atoms with E-state index in [1.54, 1.807) is 0 Å². The molecule has 1 heterocycles. The van der Waals surface area contributed by atoms with Gasteiger partial charge in [0.25, 0.3) is 0 Å². The Hall–Kier alpha value is -0.800. The molecule has 0 aliphatic rings. The Labute approximate surface area is 111 Å². The van der Waals surface area contributed by atoms with Crippen molar-refractivity contribution in [1.82, 2.24) is 10.3 Å². The molecule has 2 aromatic rings. The van der Waals surface area contributed by atoms with Crippen molar-refractivity contribution in [1.29, 1.82) is 0 Å². The van der Waals surface area contributed by atoms with Crippen molar-refractivity contribution in [3.8, 4) is 0 Å². The van der Waals surface area contributed by atoms with Crippen LogP contribution in [0.15, 0.2) is 16.6 Å². The van der Waals surface area contributed by atoms with Crippen LogP contribution in [-0.4, -0.2) is 11.0 Å². The predicted molar refractivity (Wildman–Crippen MR) is 77.4 cm³/mol. The van der Waals surface area contributed by atoms with Gasteiger partial charge in [-0.1, -0.05) is 19.9 Å². The molecule has 0 saturated carbocycles. The van der Waals surface area contributed by atoms with Crippen molar-refractivity contribution in [2.45, 2.75) is 40.3 Å². The maximum Gasteiger partial charge on any atom is 0.0477 e. The Kier molecular flexibility index (Phi) is 3.59. The molecule has 2 rings (SSSR count). The molecule has 2 nitrogen and oxygen atoms in total. The minimum absolute atomic E-state index is 0.496. The van der Waals surface area contributed by atoms with Gasteiger partial charge in [0.05, 0.1) is 0 Å². The second kappa shape index (κ2) is 4.83. The first-order valence-corrected chi connectivity index (χ1v) is 6.79. The van der Waals surface area contributed by atoms with Gasteiger partial charge in [-0.3, -0.25) is 0 Å². The van der Waals surface area contributed by atoms with Crippen molar-refractivity contribution in [3.05, 3.63) is 33.4 Å². The molecule has 0 aliphatic carbocycles. The third-order valence-electron chi connectivity index (χ3n) is 2.94. The van der Waals surface area contributed by atoms with Gasteiger partial charge >= 0.3 is 0 Å². The Morgan fingerprint density at radius 3 is 2.65 bits per heavy atom. The number of aromatic nitrogens is 1. The largest absolute Gasteiger partial charge is 0.356 e. The van der Waals surface area contributed by atoms with Gasteiger partial charge in [-0.25, -0.2) is 0 Å². The Balaban J connectivity index is 2.45. The maximum atomic E-state index is 3.71. The number of H-pyrrole nitrogens is 1. The molecule has 0 radical (unpaired) electrons. The zero-order valence-corrected chi connectivity index (χ0v) is 12.4. The van der Waals surface area contributed by atoms with E-state index in [4.69, 9.17) is 0 Å². The lowest BCUT2D eigenvalue weighted by Crippen LogP contribution is -2.22. The number of halogens is 1. The zero-order chi connectivity index (χ0) is 12.6. The normalized spacial score (nSPS) is 11.6. The second-order valence-electron chi connectivity index (χ2n) is 4.96. The maximum absolute atomic E-state index is 3.71. The standard InChI is InChI=1S/C14H19BrN2/c1-8(2)16-7-12-14(15)13-10(4)5-9(3)6-11(13)17-12/h5-6,8,16-17H,7H2,1-4H3. The van der Waals surface area contributed by atoms with Gasteiger partial charge in [0, 0.05) is 33.7 Å². The van der Waals surface area contributed by atoms with E-state index in [-0.39, 0.29) is 0 Å². The molecular weight excluding hydrogens is 276 g/mol. The van der Waals surface area contributed by atoms with E-state index in [0.717, 1.165) is 6.54 Å². The summed E-state index contributed by atoms with van der Waals surface area (Å²) >= 11 is 3.71. The lowest BCUT2D eigenvalue weighted by Gasteiger charge is -2.06. The zero-order valence-electron chi connectivity index (χ0n) is 10.8. The highest BCUT2D eigenvalue weighted by Gasteiger charge is 2.11. The lowest BCUT2D eigenvalue weighted by atomic mass is 10.1. The molecule has 0 aliphatic heterocycles. The summed E-state index contributed by atoms with van der Waals surface area (Å²) in [6.07, 6.45) is 0. The number of aryl methyl sites for hydroxylation is 2. The number of hydrogen-bond donors (Lipinski definition) is 2. The van der Waals surface area contributed by atoms with Crippen LogP contribution in [0.1, 0.15) is 30.7 Å². The minimum atomic E-state index is 0.496. The summed E-state index contributed by atoms with van der Waals surface area (Å²) in [7, 11) is 0. The average Bonchev–Trinajstić information content (AvgIpc) is 2.52. The second-order valence-corrected chi connectivity index (χ2v) is 5.75. The fourth-order valence-electron chi connectivity index (χ4n) is 2.15. The van der Waals surface area contributed by atoms with Crippen LogP contribution >= 0.6 is 15.9 Å². The van der Waals surface area contributed by atoms with Crippen LogP contribution in [0.25, 0.3) is 10.9 Å². The smallest absolute Gasteiger partial charge is 0.0477 e. The van der Waals surface area contributed by atoms with E-state index in [9.17, 15) is 0 Å². The van der Waals surface area contributed by atoms with Crippen molar-refractivity contribution in [3.63, 3.8) is 0 Å². The molecule has 0 saturated heterocycles. The summed E-state index contributed by atoms with van der Waals surface area (Å²) in [4.78, 5) is 3.49. The van der Waals surface area contributed by atoms with Gasteiger partial charge in [-0.2, -0.15) is 0 Å². The molecule has 3 heteroatoms. The van der Waals surface area contributed by atoms with Crippen molar-refractivity contribution < 1.29 is 0 Å². The van der Waals surface area contributed by atoms with E-state index in [1.807, 2.05) is 0 Å². The first-order chi connectivity index (χ1) is 7.99. The first-order valence-electron chi connectivity index (χ1n) is 5.99. The SMILES string of the molecule is Cc1cc(C)c2c(Br)c(CNC(C)C)[nH]c2c1. The summed E-state index contributed by atoms with van der Waals surface area (Å²) in [5.41, 5.74) is 5.06. The van der Waals surface area contributed by atoms with Crippen LogP contribution in [0.4, 0.5) is 0 Å². The lowest BCUT2D eigenvalue weighted by molar-refractivity contribution is 0.582. The highest BCUT2D eigenvalue weighted by Crippen LogP contribution is 2.31. The molecule has 0 atom stereocenters. The van der Waals surface area contributed by atoms with Gasteiger partial charge in [-0.05, 0) is 47.0 Å². The van der Waals surface area contributed by atoms with E-state index in [1.165, 1.54) is 32.2 Å². The van der Waals surface area contributed by atoms with E-state index in [2.05, 4.69) is 66.1 Å². The molecule has 1 aromatic heterocycles.